The minimum atomic E-state index is -3.90. The number of hydrogen-bond acceptors (Lipinski definition) is 6. The molecule has 0 aliphatic rings. The molecule has 112 valence electrons. The Morgan fingerprint density at radius 2 is 2.19 bits per heavy atom. The summed E-state index contributed by atoms with van der Waals surface area (Å²) in [5, 5.41) is 0.162. The van der Waals surface area contributed by atoms with E-state index in [0.29, 0.717) is 0 Å². The third-order valence-electron chi connectivity index (χ3n) is 2.29. The van der Waals surface area contributed by atoms with Crippen LogP contribution in [0.25, 0.3) is 0 Å². The van der Waals surface area contributed by atoms with Crippen LogP contribution in [-0.2, 0) is 14.8 Å². The summed E-state index contributed by atoms with van der Waals surface area (Å²) < 4.78 is 31.7. The quantitative estimate of drug-likeness (QED) is 0.617. The van der Waals surface area contributed by atoms with Gasteiger partial charge >= 0.3 is 5.97 Å². The summed E-state index contributed by atoms with van der Waals surface area (Å²) in [4.78, 5) is 15.4. The van der Waals surface area contributed by atoms with E-state index in [9.17, 15) is 13.2 Å². The van der Waals surface area contributed by atoms with Gasteiger partial charge in [0.05, 0.1) is 10.9 Å². The number of halogens is 2. The molecule has 0 saturated carbocycles. The third kappa shape index (κ3) is 3.73. The highest BCUT2D eigenvalue weighted by Gasteiger charge is 2.24. The molecule has 0 unspecified atom stereocenters. The van der Waals surface area contributed by atoms with Crippen LogP contribution in [-0.4, -0.2) is 26.5 Å². The predicted octanol–water partition coefficient (Wildman–Crippen LogP) is 3.15. The number of carbonyl (C=O) groups is 1. The van der Waals surface area contributed by atoms with Crippen LogP contribution in [0.2, 0.25) is 5.15 Å². The number of sulfonamides is 1. The van der Waals surface area contributed by atoms with E-state index < -0.39 is 16.0 Å². The van der Waals surface area contributed by atoms with Crippen molar-refractivity contribution in [1.29, 1.82) is 0 Å². The second-order valence-corrected chi connectivity index (χ2v) is 8.10. The molecule has 21 heavy (non-hydrogen) atoms. The number of ether oxygens (including phenoxy) is 1. The number of rotatable bonds is 4. The van der Waals surface area contributed by atoms with Crippen LogP contribution >= 0.6 is 38.9 Å². The Balaban J connectivity index is 2.36. The smallest absolute Gasteiger partial charge is 0.348 e. The normalized spacial score (nSPS) is 11.2. The zero-order valence-corrected chi connectivity index (χ0v) is 14.4. The molecule has 1 N–H and O–H groups in total. The summed E-state index contributed by atoms with van der Waals surface area (Å²) in [5.74, 6) is -0.525. The van der Waals surface area contributed by atoms with Gasteiger partial charge in [-0.15, -0.1) is 11.3 Å². The fraction of sp³-hybridized carbons (Fsp3) is 0.0909. The Kier molecular flexibility index (Phi) is 4.87. The first-order chi connectivity index (χ1) is 9.83. The molecule has 0 spiro atoms. The second-order valence-electron chi connectivity index (χ2n) is 3.69. The average Bonchev–Trinajstić information content (AvgIpc) is 2.80. The van der Waals surface area contributed by atoms with Gasteiger partial charge in [0.2, 0.25) is 0 Å². The van der Waals surface area contributed by atoms with Crippen LogP contribution < -0.4 is 4.72 Å². The number of carbonyl (C=O) groups excluding carboxylic acids is 1. The van der Waals surface area contributed by atoms with Gasteiger partial charge < -0.3 is 4.74 Å². The second kappa shape index (κ2) is 6.30. The molecule has 2 aromatic heterocycles. The third-order valence-corrected chi connectivity index (χ3v) is 6.08. The first-order valence-electron chi connectivity index (χ1n) is 5.36. The number of pyridine rings is 1. The molecule has 6 nitrogen and oxygen atoms in total. The molecular formula is C11H8BrClN2O4S2. The van der Waals surface area contributed by atoms with Gasteiger partial charge in [0.15, 0.2) is 0 Å². The van der Waals surface area contributed by atoms with E-state index in [1.54, 1.807) is 6.07 Å². The number of thiophene rings is 1. The van der Waals surface area contributed by atoms with Gasteiger partial charge in [-0.1, -0.05) is 17.7 Å². The fourth-order valence-electron chi connectivity index (χ4n) is 1.39. The maximum absolute atomic E-state index is 12.3. The van der Waals surface area contributed by atoms with Gasteiger partial charge in [-0.3, -0.25) is 4.72 Å². The number of hydrogen-bond donors (Lipinski definition) is 1. The lowest BCUT2D eigenvalue weighted by atomic mass is 10.5. The van der Waals surface area contributed by atoms with Gasteiger partial charge in [0.25, 0.3) is 10.0 Å². The van der Waals surface area contributed by atoms with Crippen LogP contribution in [0.4, 0.5) is 5.82 Å². The van der Waals surface area contributed by atoms with Crippen molar-refractivity contribution in [2.24, 2.45) is 0 Å². The summed E-state index contributed by atoms with van der Waals surface area (Å²) in [6.07, 6.45) is 0. The molecule has 2 heterocycles. The molecule has 10 heteroatoms. The number of anilines is 1. The standard InChI is InChI=1S/C11H8BrClN2O4S2/c1-19-11(16)6-5-7(10(12)20-6)21(17,18)15-9-4-2-3-8(13)14-9/h2-5H,1H3,(H,14,15). The molecule has 0 bridgehead atoms. The van der Waals surface area contributed by atoms with Crippen LogP contribution in [0.5, 0.6) is 0 Å². The van der Waals surface area contributed by atoms with E-state index in [1.807, 2.05) is 0 Å². The summed E-state index contributed by atoms with van der Waals surface area (Å²) in [7, 11) is -2.68. The van der Waals surface area contributed by atoms with E-state index in [0.717, 1.165) is 11.3 Å². The summed E-state index contributed by atoms with van der Waals surface area (Å²) in [6.45, 7) is 0. The largest absolute Gasteiger partial charge is 0.465 e. The highest BCUT2D eigenvalue weighted by Crippen LogP contribution is 2.33. The number of nitrogens with zero attached hydrogens (tertiary/aromatic N) is 1. The summed E-state index contributed by atoms with van der Waals surface area (Å²) >= 11 is 9.79. The van der Waals surface area contributed by atoms with Crippen molar-refractivity contribution in [2.75, 3.05) is 11.8 Å². The van der Waals surface area contributed by atoms with Gasteiger partial charge in [-0.2, -0.15) is 0 Å². The first-order valence-corrected chi connectivity index (χ1v) is 8.83. The molecule has 0 aliphatic carbocycles. The maximum Gasteiger partial charge on any atom is 0.348 e. The Morgan fingerprint density at radius 3 is 2.81 bits per heavy atom. The molecule has 0 fully saturated rings. The summed E-state index contributed by atoms with van der Waals surface area (Å²) in [6, 6.07) is 5.78. The fourth-order valence-corrected chi connectivity index (χ4v) is 5.04. The molecule has 0 radical (unpaired) electrons. The summed E-state index contributed by atoms with van der Waals surface area (Å²) in [5.41, 5.74) is 0. The highest BCUT2D eigenvalue weighted by atomic mass is 79.9. The first kappa shape index (κ1) is 16.2. The van der Waals surface area contributed by atoms with Crippen molar-refractivity contribution in [1.82, 2.24) is 4.98 Å². The van der Waals surface area contributed by atoms with Crippen molar-refractivity contribution in [3.8, 4) is 0 Å². The Hall–Kier alpha value is -1.16. The predicted molar refractivity (Wildman–Crippen MR) is 83.4 cm³/mol. The van der Waals surface area contributed by atoms with Gasteiger partial charge in [0.1, 0.15) is 20.7 Å². The molecular weight excluding hydrogens is 404 g/mol. The number of esters is 1. The Labute approximate surface area is 138 Å². The topological polar surface area (TPSA) is 85.4 Å². The van der Waals surface area contributed by atoms with Crippen molar-refractivity contribution < 1.29 is 17.9 Å². The van der Waals surface area contributed by atoms with E-state index in [4.69, 9.17) is 11.6 Å². The monoisotopic (exact) mass is 410 g/mol. The molecule has 0 saturated heterocycles. The van der Waals surface area contributed by atoms with Crippen molar-refractivity contribution in [3.05, 3.63) is 38.1 Å². The Morgan fingerprint density at radius 1 is 1.48 bits per heavy atom. The lowest BCUT2D eigenvalue weighted by Gasteiger charge is -2.06. The van der Waals surface area contributed by atoms with E-state index in [-0.39, 0.29) is 24.5 Å². The van der Waals surface area contributed by atoms with Gasteiger partial charge in [0, 0.05) is 0 Å². The highest BCUT2D eigenvalue weighted by molar-refractivity contribution is 9.11. The minimum absolute atomic E-state index is 0.0744. The van der Waals surface area contributed by atoms with Crippen LogP contribution in [0, 0.1) is 0 Å². The zero-order chi connectivity index (χ0) is 15.6. The van der Waals surface area contributed by atoms with Crippen LogP contribution in [0.15, 0.2) is 32.9 Å². The van der Waals surface area contributed by atoms with E-state index in [1.165, 1.54) is 25.3 Å². The number of nitrogens with one attached hydrogen (secondary N) is 1. The number of methoxy groups -OCH3 is 1. The van der Waals surface area contributed by atoms with Crippen molar-refractivity contribution in [2.45, 2.75) is 4.90 Å². The average molecular weight is 412 g/mol. The Bertz CT molecular complexity index is 791. The molecule has 0 aliphatic heterocycles. The van der Waals surface area contributed by atoms with E-state index >= 15 is 0 Å². The molecule has 0 aromatic carbocycles. The molecule has 2 rings (SSSR count). The molecule has 0 amide bonds. The SMILES string of the molecule is COC(=O)c1cc(S(=O)(=O)Nc2cccc(Cl)n2)c(Br)s1. The lowest BCUT2D eigenvalue weighted by molar-refractivity contribution is 0.0606. The maximum atomic E-state index is 12.3. The lowest BCUT2D eigenvalue weighted by Crippen LogP contribution is -2.13. The van der Waals surface area contributed by atoms with E-state index in [2.05, 4.69) is 30.4 Å². The molecule has 0 atom stereocenters. The minimum Gasteiger partial charge on any atom is -0.465 e. The zero-order valence-electron chi connectivity index (χ0n) is 10.5. The number of aromatic nitrogens is 1. The van der Waals surface area contributed by atoms with Crippen LogP contribution in [0.1, 0.15) is 9.67 Å². The van der Waals surface area contributed by atoms with Crippen molar-refractivity contribution in [3.63, 3.8) is 0 Å². The van der Waals surface area contributed by atoms with Crippen LogP contribution in [0.3, 0.4) is 0 Å². The van der Waals surface area contributed by atoms with Gasteiger partial charge in [-0.05, 0) is 34.1 Å². The van der Waals surface area contributed by atoms with Crippen molar-refractivity contribution >= 4 is 60.7 Å². The van der Waals surface area contributed by atoms with Gasteiger partial charge in [-0.25, -0.2) is 18.2 Å². The molecule has 2 aromatic rings.